The van der Waals surface area contributed by atoms with Gasteiger partial charge >= 0.3 is 0 Å². The van der Waals surface area contributed by atoms with Gasteiger partial charge in [-0.3, -0.25) is 0 Å². The van der Waals surface area contributed by atoms with Gasteiger partial charge in [0.25, 0.3) is 0 Å². The molecule has 1 atom stereocenters. The number of nitrogens with one attached hydrogen (secondary N) is 1. The van der Waals surface area contributed by atoms with Crippen molar-refractivity contribution in [1.29, 1.82) is 0 Å². The Bertz CT molecular complexity index is 557. The largest absolute Gasteiger partial charge is 0.306 e. The van der Waals surface area contributed by atoms with Crippen molar-refractivity contribution in [3.05, 3.63) is 54.1 Å². The maximum Gasteiger partial charge on any atom is 0.0761 e. The molecule has 1 nitrogen and oxygen atoms in total. The van der Waals surface area contributed by atoms with E-state index in [1.54, 1.807) is 11.3 Å². The van der Waals surface area contributed by atoms with E-state index < -0.39 is 0 Å². The lowest BCUT2D eigenvalue weighted by Gasteiger charge is -2.19. The molecule has 0 saturated carbocycles. The summed E-state index contributed by atoms with van der Waals surface area (Å²) in [5, 5.41) is 3.58. The Morgan fingerprint density at radius 2 is 1.74 bits per heavy atom. The first-order chi connectivity index (χ1) is 9.01. The van der Waals surface area contributed by atoms with Crippen molar-refractivity contribution in [2.45, 2.75) is 26.8 Å². The van der Waals surface area contributed by atoms with Crippen LogP contribution in [0.2, 0.25) is 0 Å². The van der Waals surface area contributed by atoms with Crippen LogP contribution in [0, 0.1) is 13.8 Å². The molecule has 2 aromatic rings. The highest BCUT2D eigenvalue weighted by atomic mass is 79.9. The summed E-state index contributed by atoms with van der Waals surface area (Å²) >= 11 is 8.95. The van der Waals surface area contributed by atoms with Crippen LogP contribution >= 0.6 is 43.2 Å². The predicted octanol–water partition coefficient (Wildman–Crippen LogP) is 5.59. The molecule has 19 heavy (non-hydrogen) atoms. The van der Waals surface area contributed by atoms with Crippen LogP contribution in [0.25, 0.3) is 0 Å². The molecule has 0 saturated heterocycles. The van der Waals surface area contributed by atoms with Gasteiger partial charge < -0.3 is 5.32 Å². The van der Waals surface area contributed by atoms with E-state index in [0.29, 0.717) is 0 Å². The minimum Gasteiger partial charge on any atom is -0.306 e. The highest BCUT2D eigenvalue weighted by Gasteiger charge is 2.18. The first kappa shape index (κ1) is 15.2. The van der Waals surface area contributed by atoms with E-state index in [-0.39, 0.29) is 6.04 Å². The standard InChI is InChI=1S/C15H17Br2NS/c1-4-18-14(12-8-13(16)19-15(12)17)11-6-9(2)5-10(3)7-11/h5-8,14,18H,4H2,1-3H3. The lowest BCUT2D eigenvalue weighted by atomic mass is 9.97. The molecule has 4 heteroatoms. The van der Waals surface area contributed by atoms with Crippen molar-refractivity contribution in [3.8, 4) is 0 Å². The zero-order valence-electron chi connectivity index (χ0n) is 11.3. The normalized spacial score (nSPS) is 12.7. The quantitative estimate of drug-likeness (QED) is 0.702. The van der Waals surface area contributed by atoms with E-state index in [4.69, 9.17) is 0 Å². The van der Waals surface area contributed by atoms with Crippen LogP contribution < -0.4 is 5.32 Å². The van der Waals surface area contributed by atoms with Gasteiger partial charge in [-0.05, 0) is 69.4 Å². The second-order valence-corrected chi connectivity index (χ2v) is 8.44. The van der Waals surface area contributed by atoms with Gasteiger partial charge in [0.15, 0.2) is 0 Å². The fourth-order valence-electron chi connectivity index (χ4n) is 2.34. The number of hydrogen-bond donors (Lipinski definition) is 1. The first-order valence-electron chi connectivity index (χ1n) is 6.27. The molecule has 1 aromatic heterocycles. The average Bonchev–Trinajstić information content (AvgIpc) is 2.64. The Kier molecular flexibility index (Phi) is 5.23. The average molecular weight is 403 g/mol. The third kappa shape index (κ3) is 3.69. The molecular formula is C15H17Br2NS. The lowest BCUT2D eigenvalue weighted by molar-refractivity contribution is 0.630. The van der Waals surface area contributed by atoms with Gasteiger partial charge in [-0.15, -0.1) is 11.3 Å². The van der Waals surface area contributed by atoms with Gasteiger partial charge in [0, 0.05) is 0 Å². The zero-order valence-corrected chi connectivity index (χ0v) is 15.2. The maximum atomic E-state index is 3.67. The number of benzene rings is 1. The number of hydrogen-bond acceptors (Lipinski definition) is 2. The molecule has 0 aliphatic heterocycles. The van der Waals surface area contributed by atoms with E-state index in [9.17, 15) is 0 Å². The van der Waals surface area contributed by atoms with Crippen molar-refractivity contribution in [2.24, 2.45) is 0 Å². The van der Waals surface area contributed by atoms with E-state index in [1.165, 1.54) is 26.0 Å². The minimum absolute atomic E-state index is 0.237. The summed E-state index contributed by atoms with van der Waals surface area (Å²) in [5.41, 5.74) is 5.24. The molecule has 1 heterocycles. The Balaban J connectivity index is 2.47. The van der Waals surface area contributed by atoms with E-state index >= 15 is 0 Å². The molecular weight excluding hydrogens is 386 g/mol. The highest BCUT2D eigenvalue weighted by molar-refractivity contribution is 9.12. The minimum atomic E-state index is 0.237. The van der Waals surface area contributed by atoms with E-state index in [1.807, 2.05) is 0 Å². The molecule has 0 spiro atoms. The molecule has 0 aliphatic rings. The fraction of sp³-hybridized carbons (Fsp3) is 0.333. The van der Waals surface area contributed by atoms with Crippen molar-refractivity contribution in [2.75, 3.05) is 6.54 Å². The van der Waals surface area contributed by atoms with Crippen LogP contribution in [0.1, 0.15) is 35.2 Å². The topological polar surface area (TPSA) is 12.0 Å². The molecule has 0 radical (unpaired) electrons. The van der Waals surface area contributed by atoms with Crippen LogP contribution in [0.4, 0.5) is 0 Å². The van der Waals surface area contributed by atoms with Crippen LogP contribution in [0.15, 0.2) is 31.8 Å². The number of thiophene rings is 1. The molecule has 0 aliphatic carbocycles. The van der Waals surface area contributed by atoms with Crippen LogP contribution in [0.3, 0.4) is 0 Å². The fourth-order valence-corrected chi connectivity index (χ4v) is 5.24. The molecule has 0 amide bonds. The van der Waals surface area contributed by atoms with Crippen molar-refractivity contribution in [1.82, 2.24) is 5.32 Å². The highest BCUT2D eigenvalue weighted by Crippen LogP contribution is 2.38. The van der Waals surface area contributed by atoms with E-state index in [2.05, 4.69) is 82.2 Å². The summed E-state index contributed by atoms with van der Waals surface area (Å²) in [6.07, 6.45) is 0. The van der Waals surface area contributed by atoms with Gasteiger partial charge in [0.1, 0.15) is 0 Å². The number of rotatable bonds is 4. The van der Waals surface area contributed by atoms with Gasteiger partial charge in [0.05, 0.1) is 13.6 Å². The van der Waals surface area contributed by atoms with Gasteiger partial charge in [-0.1, -0.05) is 36.2 Å². The maximum absolute atomic E-state index is 3.67. The van der Waals surface area contributed by atoms with Crippen molar-refractivity contribution < 1.29 is 0 Å². The van der Waals surface area contributed by atoms with Gasteiger partial charge in [0.2, 0.25) is 0 Å². The summed E-state index contributed by atoms with van der Waals surface area (Å²) in [6.45, 7) is 7.39. The Morgan fingerprint density at radius 1 is 1.11 bits per heavy atom. The first-order valence-corrected chi connectivity index (χ1v) is 8.67. The molecule has 0 bridgehead atoms. The molecule has 1 N–H and O–H groups in total. The molecule has 102 valence electrons. The molecule has 2 rings (SSSR count). The number of aryl methyl sites for hydroxylation is 2. The van der Waals surface area contributed by atoms with Crippen molar-refractivity contribution >= 4 is 43.2 Å². The van der Waals surface area contributed by atoms with Crippen LogP contribution in [-0.4, -0.2) is 6.54 Å². The van der Waals surface area contributed by atoms with E-state index in [0.717, 1.165) is 10.3 Å². The second kappa shape index (κ2) is 6.53. The van der Waals surface area contributed by atoms with Gasteiger partial charge in [-0.2, -0.15) is 0 Å². The monoisotopic (exact) mass is 401 g/mol. The summed E-state index contributed by atoms with van der Waals surface area (Å²) in [7, 11) is 0. The SMILES string of the molecule is CCNC(c1cc(C)cc(C)c1)c1cc(Br)sc1Br. The van der Waals surface area contributed by atoms with Crippen LogP contribution in [0.5, 0.6) is 0 Å². The lowest BCUT2D eigenvalue weighted by Crippen LogP contribution is -2.22. The summed E-state index contributed by atoms with van der Waals surface area (Å²) in [4.78, 5) is 0. The van der Waals surface area contributed by atoms with Crippen molar-refractivity contribution in [3.63, 3.8) is 0 Å². The Hall–Kier alpha value is -0.160. The Morgan fingerprint density at radius 3 is 2.21 bits per heavy atom. The second-order valence-electron chi connectivity index (χ2n) is 4.69. The smallest absolute Gasteiger partial charge is 0.0761 e. The summed E-state index contributed by atoms with van der Waals surface area (Å²) in [5.74, 6) is 0. The third-order valence-electron chi connectivity index (χ3n) is 2.98. The molecule has 1 unspecified atom stereocenters. The third-order valence-corrected chi connectivity index (χ3v) is 5.37. The van der Waals surface area contributed by atoms with Crippen LogP contribution in [-0.2, 0) is 0 Å². The number of halogens is 2. The Labute approximate surface area is 135 Å². The molecule has 1 aromatic carbocycles. The zero-order chi connectivity index (χ0) is 14.0. The molecule has 0 fully saturated rings. The predicted molar refractivity (Wildman–Crippen MR) is 91.2 cm³/mol. The summed E-state index contributed by atoms with van der Waals surface area (Å²) in [6, 6.07) is 9.17. The summed E-state index contributed by atoms with van der Waals surface area (Å²) < 4.78 is 2.34. The van der Waals surface area contributed by atoms with Gasteiger partial charge in [-0.25, -0.2) is 0 Å².